The number of imidazole rings is 1. The molecule has 5 nitrogen and oxygen atoms in total. The second kappa shape index (κ2) is 3.95. The molecule has 0 saturated carbocycles. The van der Waals surface area contributed by atoms with Crippen LogP contribution in [0.15, 0.2) is 36.8 Å². The van der Waals surface area contributed by atoms with E-state index in [1.807, 2.05) is 24.3 Å². The highest BCUT2D eigenvalue weighted by Crippen LogP contribution is 2.19. The van der Waals surface area contributed by atoms with Gasteiger partial charge in [-0.15, -0.1) is 0 Å². The molecule has 2 heterocycles. The number of hydrogen-bond acceptors (Lipinski definition) is 4. The van der Waals surface area contributed by atoms with E-state index < -0.39 is 0 Å². The Kier molecular flexibility index (Phi) is 2.31. The van der Waals surface area contributed by atoms with Crippen LogP contribution in [0.5, 0.6) is 0 Å². The number of nitrogens with one attached hydrogen (secondary N) is 1. The molecule has 1 aromatic carbocycles. The standard InChI is InChI=1S/C12H11N5/c13-5-8-2-1-3-9(4-8)11-16-10-6-14-7-15-12(10)17-11/h1-4,6-7H,5,13H2,(H,14,15,16,17). The molecule has 0 aliphatic carbocycles. The van der Waals surface area contributed by atoms with Crippen LogP contribution in [0.2, 0.25) is 0 Å². The molecule has 0 fully saturated rings. The Bertz CT molecular complexity index is 626. The maximum atomic E-state index is 5.62. The Morgan fingerprint density at radius 3 is 3.06 bits per heavy atom. The Balaban J connectivity index is 2.13. The minimum absolute atomic E-state index is 0.522. The SMILES string of the molecule is NCc1cccc(-c2nc3ncncc3[nH]2)c1. The first-order valence-corrected chi connectivity index (χ1v) is 5.32. The third kappa shape index (κ3) is 1.76. The quantitative estimate of drug-likeness (QED) is 0.692. The van der Waals surface area contributed by atoms with Gasteiger partial charge in [-0.05, 0) is 11.6 Å². The molecule has 3 N–H and O–H groups in total. The van der Waals surface area contributed by atoms with Gasteiger partial charge in [-0.1, -0.05) is 18.2 Å². The Morgan fingerprint density at radius 1 is 1.29 bits per heavy atom. The summed E-state index contributed by atoms with van der Waals surface area (Å²) in [6, 6.07) is 7.97. The zero-order chi connectivity index (χ0) is 11.7. The number of aromatic amines is 1. The van der Waals surface area contributed by atoms with Crippen LogP contribution in [0.3, 0.4) is 0 Å². The third-order valence-electron chi connectivity index (χ3n) is 2.60. The molecule has 0 unspecified atom stereocenters. The van der Waals surface area contributed by atoms with Gasteiger partial charge in [0.05, 0.1) is 6.20 Å². The molecule has 0 atom stereocenters. The lowest BCUT2D eigenvalue weighted by atomic mass is 10.1. The van der Waals surface area contributed by atoms with Crippen molar-refractivity contribution in [3.05, 3.63) is 42.4 Å². The molecule has 5 heteroatoms. The Hall–Kier alpha value is -2.27. The van der Waals surface area contributed by atoms with Gasteiger partial charge in [-0.2, -0.15) is 0 Å². The van der Waals surface area contributed by atoms with E-state index in [0.717, 1.165) is 22.5 Å². The summed E-state index contributed by atoms with van der Waals surface area (Å²) in [7, 11) is 0. The van der Waals surface area contributed by atoms with Gasteiger partial charge in [0.1, 0.15) is 17.7 Å². The van der Waals surface area contributed by atoms with Crippen molar-refractivity contribution in [2.24, 2.45) is 5.73 Å². The molecule has 3 aromatic rings. The van der Waals surface area contributed by atoms with Crippen LogP contribution in [0.4, 0.5) is 0 Å². The first-order valence-electron chi connectivity index (χ1n) is 5.32. The number of nitrogens with zero attached hydrogens (tertiary/aromatic N) is 3. The summed E-state index contributed by atoms with van der Waals surface area (Å²) in [6.07, 6.45) is 3.20. The van der Waals surface area contributed by atoms with E-state index in [4.69, 9.17) is 5.73 Å². The number of H-pyrrole nitrogens is 1. The van der Waals surface area contributed by atoms with E-state index in [1.165, 1.54) is 6.33 Å². The number of rotatable bonds is 2. The number of benzene rings is 1. The highest BCUT2D eigenvalue weighted by molar-refractivity contribution is 5.74. The molecule has 0 bridgehead atoms. The molecule has 3 rings (SSSR count). The second-order valence-electron chi connectivity index (χ2n) is 3.75. The van der Waals surface area contributed by atoms with Crippen LogP contribution in [0.1, 0.15) is 5.56 Å². The van der Waals surface area contributed by atoms with Crippen molar-refractivity contribution in [2.75, 3.05) is 0 Å². The van der Waals surface area contributed by atoms with Crippen molar-refractivity contribution < 1.29 is 0 Å². The second-order valence-corrected chi connectivity index (χ2v) is 3.75. The van der Waals surface area contributed by atoms with Crippen molar-refractivity contribution in [3.63, 3.8) is 0 Å². The van der Waals surface area contributed by atoms with Crippen LogP contribution in [-0.4, -0.2) is 19.9 Å². The van der Waals surface area contributed by atoms with Crippen molar-refractivity contribution in [3.8, 4) is 11.4 Å². The molecule has 0 aliphatic heterocycles. The normalized spacial score (nSPS) is 10.9. The van der Waals surface area contributed by atoms with E-state index in [2.05, 4.69) is 19.9 Å². The first kappa shape index (κ1) is 9.92. The van der Waals surface area contributed by atoms with Crippen LogP contribution in [0.25, 0.3) is 22.6 Å². The molecule has 0 aliphatic rings. The molecule has 0 saturated heterocycles. The van der Waals surface area contributed by atoms with Gasteiger partial charge in [0.25, 0.3) is 0 Å². The fourth-order valence-corrected chi connectivity index (χ4v) is 1.74. The highest BCUT2D eigenvalue weighted by Gasteiger charge is 2.05. The predicted octanol–water partition coefficient (Wildman–Crippen LogP) is 1.48. The zero-order valence-corrected chi connectivity index (χ0v) is 9.09. The van der Waals surface area contributed by atoms with Crippen molar-refractivity contribution >= 4 is 11.2 Å². The third-order valence-corrected chi connectivity index (χ3v) is 2.60. The fraction of sp³-hybridized carbons (Fsp3) is 0.0833. The van der Waals surface area contributed by atoms with Gasteiger partial charge in [0.2, 0.25) is 0 Å². The summed E-state index contributed by atoms with van der Waals surface area (Å²) in [5.74, 6) is 0.788. The molecular formula is C12H11N5. The minimum Gasteiger partial charge on any atom is -0.335 e. The van der Waals surface area contributed by atoms with E-state index in [0.29, 0.717) is 12.2 Å². The molecule has 2 aromatic heterocycles. The van der Waals surface area contributed by atoms with Crippen molar-refractivity contribution in [2.45, 2.75) is 6.54 Å². The van der Waals surface area contributed by atoms with Crippen LogP contribution < -0.4 is 5.73 Å². The molecule has 17 heavy (non-hydrogen) atoms. The van der Waals surface area contributed by atoms with Gasteiger partial charge >= 0.3 is 0 Å². The van der Waals surface area contributed by atoms with Crippen molar-refractivity contribution in [1.29, 1.82) is 0 Å². The summed E-state index contributed by atoms with van der Waals surface area (Å²) in [6.45, 7) is 0.522. The van der Waals surface area contributed by atoms with E-state index in [1.54, 1.807) is 6.20 Å². The van der Waals surface area contributed by atoms with Crippen LogP contribution in [0, 0.1) is 0 Å². The molecule has 0 spiro atoms. The number of hydrogen-bond donors (Lipinski definition) is 2. The Morgan fingerprint density at radius 2 is 2.24 bits per heavy atom. The summed E-state index contributed by atoms with van der Waals surface area (Å²) >= 11 is 0. The highest BCUT2D eigenvalue weighted by atomic mass is 15.0. The topological polar surface area (TPSA) is 80.5 Å². The largest absolute Gasteiger partial charge is 0.335 e. The average molecular weight is 225 g/mol. The molecule has 0 radical (unpaired) electrons. The predicted molar refractivity (Wildman–Crippen MR) is 65.0 cm³/mol. The van der Waals surface area contributed by atoms with Crippen LogP contribution >= 0.6 is 0 Å². The van der Waals surface area contributed by atoms with Gasteiger partial charge in [0.15, 0.2) is 5.65 Å². The molecule has 0 amide bonds. The van der Waals surface area contributed by atoms with Gasteiger partial charge in [-0.3, -0.25) is 0 Å². The smallest absolute Gasteiger partial charge is 0.181 e. The van der Waals surface area contributed by atoms with E-state index >= 15 is 0 Å². The molecular weight excluding hydrogens is 214 g/mol. The number of nitrogens with two attached hydrogens (primary N) is 1. The average Bonchev–Trinajstić information content (AvgIpc) is 2.82. The summed E-state index contributed by atoms with van der Waals surface area (Å²) < 4.78 is 0. The fourth-order valence-electron chi connectivity index (χ4n) is 1.74. The molecule has 84 valence electrons. The number of aromatic nitrogens is 4. The minimum atomic E-state index is 0.522. The first-order chi connectivity index (χ1) is 8.36. The van der Waals surface area contributed by atoms with Crippen molar-refractivity contribution in [1.82, 2.24) is 19.9 Å². The van der Waals surface area contributed by atoms with Gasteiger partial charge in [-0.25, -0.2) is 15.0 Å². The lowest BCUT2D eigenvalue weighted by Gasteiger charge is -1.99. The van der Waals surface area contributed by atoms with E-state index in [-0.39, 0.29) is 0 Å². The zero-order valence-electron chi connectivity index (χ0n) is 9.09. The summed E-state index contributed by atoms with van der Waals surface area (Å²) in [5.41, 5.74) is 9.21. The van der Waals surface area contributed by atoms with Gasteiger partial charge in [0, 0.05) is 12.1 Å². The summed E-state index contributed by atoms with van der Waals surface area (Å²) in [5, 5.41) is 0. The van der Waals surface area contributed by atoms with Crippen LogP contribution in [-0.2, 0) is 6.54 Å². The Labute approximate surface area is 97.7 Å². The number of fused-ring (bicyclic) bond motifs is 1. The van der Waals surface area contributed by atoms with E-state index in [9.17, 15) is 0 Å². The monoisotopic (exact) mass is 225 g/mol. The lowest BCUT2D eigenvalue weighted by molar-refractivity contribution is 1.07. The maximum Gasteiger partial charge on any atom is 0.181 e. The lowest BCUT2D eigenvalue weighted by Crippen LogP contribution is -1.95. The summed E-state index contributed by atoms with van der Waals surface area (Å²) in [4.78, 5) is 15.6. The van der Waals surface area contributed by atoms with Gasteiger partial charge < -0.3 is 10.7 Å². The maximum absolute atomic E-state index is 5.62.